The maximum absolute atomic E-state index is 13.2. The van der Waals surface area contributed by atoms with Gasteiger partial charge >= 0.3 is 12.0 Å². The van der Waals surface area contributed by atoms with Crippen LogP contribution in [0.15, 0.2) is 60.7 Å². The first-order valence-corrected chi connectivity index (χ1v) is 10.1. The predicted molar refractivity (Wildman–Crippen MR) is 113 cm³/mol. The number of urea groups is 1. The standard InChI is InChI=1S/C23H29N3O3/c1-25-14-15-26(21(17-25)19-10-6-3-7-11-19)23(29)24-20(12-13-22(27)28)16-18-8-4-2-5-9-18/h2-11,20-21H,12-17H2,1H3,(H,24,29)(H,27,28). The van der Waals surface area contributed by atoms with Crippen molar-refractivity contribution in [3.05, 3.63) is 71.8 Å². The average molecular weight is 396 g/mol. The van der Waals surface area contributed by atoms with Gasteiger partial charge in [-0.2, -0.15) is 0 Å². The Hall–Kier alpha value is -2.86. The monoisotopic (exact) mass is 395 g/mol. The number of rotatable bonds is 7. The first kappa shape index (κ1) is 20.9. The zero-order chi connectivity index (χ0) is 20.6. The molecule has 1 aliphatic rings. The summed E-state index contributed by atoms with van der Waals surface area (Å²) in [5.41, 5.74) is 2.19. The van der Waals surface area contributed by atoms with Crippen molar-refractivity contribution in [2.45, 2.75) is 31.3 Å². The van der Waals surface area contributed by atoms with Crippen molar-refractivity contribution >= 4 is 12.0 Å². The van der Waals surface area contributed by atoms with Crippen molar-refractivity contribution in [3.8, 4) is 0 Å². The molecule has 2 N–H and O–H groups in total. The summed E-state index contributed by atoms with van der Waals surface area (Å²) in [6, 6.07) is 19.6. The van der Waals surface area contributed by atoms with Crippen molar-refractivity contribution in [1.29, 1.82) is 0 Å². The lowest BCUT2D eigenvalue weighted by Gasteiger charge is -2.41. The molecule has 6 heteroatoms. The highest BCUT2D eigenvalue weighted by Crippen LogP contribution is 2.25. The van der Waals surface area contributed by atoms with Crippen LogP contribution in [0.1, 0.15) is 30.0 Å². The van der Waals surface area contributed by atoms with Gasteiger partial charge in [0.2, 0.25) is 0 Å². The van der Waals surface area contributed by atoms with E-state index in [1.54, 1.807) is 0 Å². The largest absolute Gasteiger partial charge is 0.481 e. The Balaban J connectivity index is 1.73. The number of carboxylic acids is 1. The lowest BCUT2D eigenvalue weighted by atomic mass is 10.0. The quantitative estimate of drug-likeness (QED) is 0.755. The molecule has 0 aromatic heterocycles. The lowest BCUT2D eigenvalue weighted by molar-refractivity contribution is -0.137. The van der Waals surface area contributed by atoms with Crippen LogP contribution >= 0.6 is 0 Å². The highest BCUT2D eigenvalue weighted by Gasteiger charge is 2.31. The average Bonchev–Trinajstić information content (AvgIpc) is 2.73. The SMILES string of the molecule is CN1CCN(C(=O)NC(CCC(=O)O)Cc2ccccc2)C(c2ccccc2)C1. The number of carboxylic acid groups (broad SMARTS) is 1. The molecule has 1 heterocycles. The fraction of sp³-hybridized carbons (Fsp3) is 0.391. The lowest BCUT2D eigenvalue weighted by Crippen LogP contribution is -2.54. The second-order valence-corrected chi connectivity index (χ2v) is 7.65. The Morgan fingerprint density at radius 3 is 2.38 bits per heavy atom. The number of hydrogen-bond donors (Lipinski definition) is 2. The molecule has 0 bridgehead atoms. The summed E-state index contributed by atoms with van der Waals surface area (Å²) in [7, 11) is 2.07. The summed E-state index contributed by atoms with van der Waals surface area (Å²) < 4.78 is 0. The molecule has 0 spiro atoms. The number of benzene rings is 2. The molecule has 2 amide bonds. The summed E-state index contributed by atoms with van der Waals surface area (Å²) in [6.45, 7) is 2.23. The minimum Gasteiger partial charge on any atom is -0.481 e. The molecule has 2 aromatic rings. The van der Waals surface area contributed by atoms with Gasteiger partial charge in [-0.15, -0.1) is 0 Å². The van der Waals surface area contributed by atoms with Crippen LogP contribution in [0.5, 0.6) is 0 Å². The van der Waals surface area contributed by atoms with E-state index in [2.05, 4.69) is 29.4 Å². The van der Waals surface area contributed by atoms with Crippen molar-refractivity contribution < 1.29 is 14.7 Å². The normalized spacial score (nSPS) is 18.2. The minimum atomic E-state index is -0.848. The molecule has 0 radical (unpaired) electrons. The molecule has 154 valence electrons. The van der Waals surface area contributed by atoms with Gasteiger partial charge in [-0.05, 0) is 31.0 Å². The maximum atomic E-state index is 13.2. The van der Waals surface area contributed by atoms with E-state index in [0.29, 0.717) is 19.4 Å². The third kappa shape index (κ3) is 6.06. The summed E-state index contributed by atoms with van der Waals surface area (Å²) in [5.74, 6) is -0.848. The molecule has 1 aliphatic heterocycles. The second kappa shape index (κ2) is 10.1. The third-order valence-electron chi connectivity index (χ3n) is 5.39. The van der Waals surface area contributed by atoms with Gasteiger partial charge in [-0.25, -0.2) is 4.79 Å². The van der Waals surface area contributed by atoms with Crippen LogP contribution in [-0.4, -0.2) is 59.6 Å². The number of likely N-dealkylation sites (N-methyl/N-ethyl adjacent to an activating group) is 1. The number of carbonyl (C=O) groups is 2. The zero-order valence-electron chi connectivity index (χ0n) is 16.8. The maximum Gasteiger partial charge on any atom is 0.318 e. The third-order valence-corrected chi connectivity index (χ3v) is 5.39. The van der Waals surface area contributed by atoms with Crippen LogP contribution in [0, 0.1) is 0 Å². The number of nitrogens with zero attached hydrogens (tertiary/aromatic N) is 2. The van der Waals surface area contributed by atoms with E-state index in [1.807, 2.05) is 53.4 Å². The molecule has 3 rings (SSSR count). The molecule has 0 aliphatic carbocycles. The van der Waals surface area contributed by atoms with Crippen molar-refractivity contribution in [3.63, 3.8) is 0 Å². The van der Waals surface area contributed by atoms with Crippen LogP contribution in [0.4, 0.5) is 4.79 Å². The molecule has 29 heavy (non-hydrogen) atoms. The van der Waals surface area contributed by atoms with Gasteiger partial charge in [0.05, 0.1) is 6.04 Å². The Kier molecular flexibility index (Phi) is 7.25. The van der Waals surface area contributed by atoms with Gasteiger partial charge in [-0.3, -0.25) is 4.79 Å². The smallest absolute Gasteiger partial charge is 0.318 e. The van der Waals surface area contributed by atoms with E-state index < -0.39 is 5.97 Å². The molecule has 1 saturated heterocycles. The fourth-order valence-corrected chi connectivity index (χ4v) is 3.80. The molecular formula is C23H29N3O3. The van der Waals surface area contributed by atoms with Gasteiger partial charge in [-0.1, -0.05) is 60.7 Å². The number of amides is 2. The number of piperazine rings is 1. The van der Waals surface area contributed by atoms with Gasteiger partial charge < -0.3 is 20.2 Å². The molecule has 2 aromatic carbocycles. The molecular weight excluding hydrogens is 366 g/mol. The van der Waals surface area contributed by atoms with Crippen molar-refractivity contribution in [2.24, 2.45) is 0 Å². The topological polar surface area (TPSA) is 72.9 Å². The molecule has 0 saturated carbocycles. The van der Waals surface area contributed by atoms with Crippen molar-refractivity contribution in [2.75, 3.05) is 26.7 Å². The molecule has 2 unspecified atom stereocenters. The molecule has 2 atom stereocenters. The van der Waals surface area contributed by atoms with Crippen LogP contribution < -0.4 is 5.32 Å². The number of aliphatic carboxylic acids is 1. The second-order valence-electron chi connectivity index (χ2n) is 7.65. The van der Waals surface area contributed by atoms with Gasteiger partial charge in [0.1, 0.15) is 0 Å². The zero-order valence-corrected chi connectivity index (χ0v) is 16.8. The summed E-state index contributed by atoms with van der Waals surface area (Å²) in [5, 5.41) is 12.2. The van der Waals surface area contributed by atoms with Crippen LogP contribution in [-0.2, 0) is 11.2 Å². The fourth-order valence-electron chi connectivity index (χ4n) is 3.80. The summed E-state index contributed by atoms with van der Waals surface area (Å²) in [6.07, 6.45) is 1.05. The van der Waals surface area contributed by atoms with Crippen LogP contribution in [0.3, 0.4) is 0 Å². The van der Waals surface area contributed by atoms with Gasteiger partial charge in [0, 0.05) is 32.1 Å². The number of hydrogen-bond acceptors (Lipinski definition) is 3. The Labute approximate surface area is 172 Å². The Morgan fingerprint density at radius 2 is 1.72 bits per heavy atom. The van der Waals surface area contributed by atoms with E-state index in [-0.39, 0.29) is 24.5 Å². The predicted octanol–water partition coefficient (Wildman–Crippen LogP) is 3.16. The van der Waals surface area contributed by atoms with E-state index in [0.717, 1.165) is 24.2 Å². The molecule has 6 nitrogen and oxygen atoms in total. The van der Waals surface area contributed by atoms with Gasteiger partial charge in [0.25, 0.3) is 0 Å². The molecule has 1 fully saturated rings. The number of nitrogens with one attached hydrogen (secondary N) is 1. The first-order valence-electron chi connectivity index (χ1n) is 10.1. The Bertz CT molecular complexity index is 798. The van der Waals surface area contributed by atoms with Crippen LogP contribution in [0.25, 0.3) is 0 Å². The van der Waals surface area contributed by atoms with E-state index in [1.165, 1.54) is 0 Å². The van der Waals surface area contributed by atoms with Gasteiger partial charge in [0.15, 0.2) is 0 Å². The minimum absolute atomic E-state index is 0.0215. The van der Waals surface area contributed by atoms with E-state index in [9.17, 15) is 9.59 Å². The number of carbonyl (C=O) groups excluding carboxylic acids is 1. The Morgan fingerprint density at radius 1 is 1.07 bits per heavy atom. The first-order chi connectivity index (χ1) is 14.0. The van der Waals surface area contributed by atoms with E-state index in [4.69, 9.17) is 5.11 Å². The highest BCUT2D eigenvalue weighted by molar-refractivity contribution is 5.75. The van der Waals surface area contributed by atoms with Crippen LogP contribution in [0.2, 0.25) is 0 Å². The van der Waals surface area contributed by atoms with Crippen molar-refractivity contribution in [1.82, 2.24) is 15.1 Å². The van der Waals surface area contributed by atoms with E-state index >= 15 is 0 Å². The summed E-state index contributed by atoms with van der Waals surface area (Å²) in [4.78, 5) is 28.4. The highest BCUT2D eigenvalue weighted by atomic mass is 16.4. The summed E-state index contributed by atoms with van der Waals surface area (Å²) >= 11 is 0.